The number of halogens is 1. The summed E-state index contributed by atoms with van der Waals surface area (Å²) in [6.07, 6.45) is 5.76. The van der Waals surface area contributed by atoms with E-state index in [0.29, 0.717) is 31.0 Å². The fraction of sp³-hybridized carbons (Fsp3) is 0.409. The van der Waals surface area contributed by atoms with Crippen molar-refractivity contribution in [1.29, 1.82) is 0 Å². The molecule has 2 aliphatic rings. The minimum atomic E-state index is -0.525. The predicted molar refractivity (Wildman–Crippen MR) is 120 cm³/mol. The standard InChI is InChI=1S/C22H26FN7O2/c1-14-10-29-12-18(17(23)9-20(29)26-14)27-22(31)30-7-4-16-19(3-5-25-21(16)30)28-8-6-24-15(11-28)13-32-2/h3,5,9-10,12,15,24H,4,6-8,11,13H2,1-2H3,(H,27,31)/t15-/m1/s1. The van der Waals surface area contributed by atoms with Crippen molar-refractivity contribution in [3.8, 4) is 0 Å². The molecule has 5 heterocycles. The van der Waals surface area contributed by atoms with E-state index in [0.717, 1.165) is 36.6 Å². The molecule has 2 amide bonds. The summed E-state index contributed by atoms with van der Waals surface area (Å²) in [5.74, 6) is 0.101. The minimum absolute atomic E-state index is 0.106. The number of amides is 2. The highest BCUT2D eigenvalue weighted by Gasteiger charge is 2.31. The third-order valence-electron chi connectivity index (χ3n) is 5.96. The average molecular weight is 439 g/mol. The second-order valence-corrected chi connectivity index (χ2v) is 8.20. The van der Waals surface area contributed by atoms with Gasteiger partial charge in [-0.15, -0.1) is 0 Å². The van der Waals surface area contributed by atoms with Crippen molar-refractivity contribution >= 4 is 28.9 Å². The lowest BCUT2D eigenvalue weighted by Gasteiger charge is -2.36. The van der Waals surface area contributed by atoms with Crippen molar-refractivity contribution < 1.29 is 13.9 Å². The highest BCUT2D eigenvalue weighted by atomic mass is 19.1. The van der Waals surface area contributed by atoms with E-state index >= 15 is 0 Å². The lowest BCUT2D eigenvalue weighted by atomic mass is 10.1. The summed E-state index contributed by atoms with van der Waals surface area (Å²) in [5, 5.41) is 6.16. The third-order valence-corrected chi connectivity index (χ3v) is 5.96. The van der Waals surface area contributed by atoms with Crippen LogP contribution in [0.2, 0.25) is 0 Å². The smallest absolute Gasteiger partial charge is 0.327 e. The Morgan fingerprint density at radius 1 is 1.38 bits per heavy atom. The number of methoxy groups -OCH3 is 1. The highest BCUT2D eigenvalue weighted by molar-refractivity contribution is 6.03. The van der Waals surface area contributed by atoms with E-state index in [9.17, 15) is 9.18 Å². The van der Waals surface area contributed by atoms with Crippen molar-refractivity contribution in [3.63, 3.8) is 0 Å². The molecule has 5 rings (SSSR count). The van der Waals surface area contributed by atoms with Crippen LogP contribution in [0, 0.1) is 12.7 Å². The van der Waals surface area contributed by atoms with E-state index in [4.69, 9.17) is 4.74 Å². The molecule has 0 radical (unpaired) electrons. The average Bonchev–Trinajstić information content (AvgIpc) is 3.36. The zero-order chi connectivity index (χ0) is 22.2. The van der Waals surface area contributed by atoms with E-state index in [1.54, 1.807) is 35.0 Å². The van der Waals surface area contributed by atoms with Crippen LogP contribution in [0.25, 0.3) is 5.65 Å². The van der Waals surface area contributed by atoms with Gasteiger partial charge in [0.15, 0.2) is 5.82 Å². The Morgan fingerprint density at radius 2 is 2.25 bits per heavy atom. The molecule has 10 heteroatoms. The Balaban J connectivity index is 1.37. The summed E-state index contributed by atoms with van der Waals surface area (Å²) in [6.45, 7) is 5.54. The fourth-order valence-electron chi connectivity index (χ4n) is 4.54. The topological polar surface area (TPSA) is 87.0 Å². The second kappa shape index (κ2) is 8.36. The van der Waals surface area contributed by atoms with Gasteiger partial charge in [-0.25, -0.2) is 19.2 Å². The zero-order valence-electron chi connectivity index (χ0n) is 18.1. The maximum atomic E-state index is 14.6. The van der Waals surface area contributed by atoms with Gasteiger partial charge in [0.2, 0.25) is 0 Å². The Kier molecular flexibility index (Phi) is 5.40. The Morgan fingerprint density at radius 3 is 3.09 bits per heavy atom. The number of urea groups is 1. The number of nitrogens with zero attached hydrogens (tertiary/aromatic N) is 5. The van der Waals surface area contributed by atoms with Crippen molar-refractivity contribution in [2.75, 3.05) is 55.0 Å². The number of carbonyl (C=O) groups is 1. The van der Waals surface area contributed by atoms with Crippen LogP contribution in [0.3, 0.4) is 0 Å². The molecule has 0 unspecified atom stereocenters. The molecule has 0 aromatic carbocycles. The van der Waals surface area contributed by atoms with Crippen LogP contribution in [0.4, 0.5) is 26.4 Å². The molecule has 1 saturated heterocycles. The summed E-state index contributed by atoms with van der Waals surface area (Å²) >= 11 is 0. The number of rotatable bonds is 4. The Labute approximate surface area is 185 Å². The van der Waals surface area contributed by atoms with Gasteiger partial charge in [-0.3, -0.25) is 4.90 Å². The summed E-state index contributed by atoms with van der Waals surface area (Å²) in [6, 6.07) is 3.17. The van der Waals surface area contributed by atoms with Crippen LogP contribution in [-0.2, 0) is 11.2 Å². The van der Waals surface area contributed by atoms with Crippen molar-refractivity contribution in [3.05, 3.63) is 47.8 Å². The molecule has 3 aromatic rings. The van der Waals surface area contributed by atoms with Crippen LogP contribution in [0.1, 0.15) is 11.3 Å². The number of piperazine rings is 1. The molecule has 1 fully saturated rings. The van der Waals surface area contributed by atoms with Gasteiger partial charge in [0.05, 0.1) is 18.0 Å². The Bertz CT molecular complexity index is 1160. The van der Waals surface area contributed by atoms with Gasteiger partial charge in [0, 0.05) is 75.2 Å². The summed E-state index contributed by atoms with van der Waals surface area (Å²) < 4.78 is 21.6. The van der Waals surface area contributed by atoms with E-state index in [1.807, 2.05) is 13.0 Å². The maximum Gasteiger partial charge on any atom is 0.327 e. The van der Waals surface area contributed by atoms with Crippen molar-refractivity contribution in [2.24, 2.45) is 0 Å². The van der Waals surface area contributed by atoms with Crippen LogP contribution < -0.4 is 20.4 Å². The molecule has 0 spiro atoms. The minimum Gasteiger partial charge on any atom is -0.383 e. The first-order valence-corrected chi connectivity index (χ1v) is 10.7. The lowest BCUT2D eigenvalue weighted by Crippen LogP contribution is -2.52. The van der Waals surface area contributed by atoms with E-state index in [1.165, 1.54) is 6.07 Å². The molecule has 2 N–H and O–H groups in total. The summed E-state index contributed by atoms with van der Waals surface area (Å²) in [5.41, 5.74) is 3.52. The maximum absolute atomic E-state index is 14.6. The highest BCUT2D eigenvalue weighted by Crippen LogP contribution is 2.34. The summed E-state index contributed by atoms with van der Waals surface area (Å²) in [7, 11) is 1.70. The number of aromatic nitrogens is 3. The number of fused-ring (bicyclic) bond motifs is 2. The molecule has 32 heavy (non-hydrogen) atoms. The first kappa shape index (κ1) is 20.7. The van der Waals surface area contributed by atoms with Gasteiger partial charge in [0.25, 0.3) is 0 Å². The number of carbonyl (C=O) groups excluding carboxylic acids is 1. The largest absolute Gasteiger partial charge is 0.383 e. The number of nitrogens with one attached hydrogen (secondary N) is 2. The number of anilines is 3. The van der Waals surface area contributed by atoms with Gasteiger partial charge in [-0.2, -0.15) is 0 Å². The van der Waals surface area contributed by atoms with Gasteiger partial charge >= 0.3 is 6.03 Å². The first-order chi connectivity index (χ1) is 15.5. The molecule has 3 aromatic heterocycles. The van der Waals surface area contributed by atoms with Gasteiger partial charge in [0.1, 0.15) is 11.5 Å². The van der Waals surface area contributed by atoms with Crippen LogP contribution in [0.15, 0.2) is 30.7 Å². The lowest BCUT2D eigenvalue weighted by molar-refractivity contribution is 0.163. The second-order valence-electron chi connectivity index (χ2n) is 8.20. The number of hydrogen-bond donors (Lipinski definition) is 2. The number of ether oxygens (including phenoxy) is 1. The molecular formula is C22H26FN7O2. The number of hydrogen-bond acceptors (Lipinski definition) is 6. The molecule has 0 bridgehead atoms. The SMILES string of the molecule is COC[C@H]1CN(c2ccnc3c2CCN3C(=O)Nc2cn3cc(C)nc3cc2F)CCN1. The van der Waals surface area contributed by atoms with Crippen LogP contribution in [-0.4, -0.2) is 66.3 Å². The monoisotopic (exact) mass is 439 g/mol. The molecule has 1 atom stereocenters. The summed E-state index contributed by atoms with van der Waals surface area (Å²) in [4.78, 5) is 25.7. The predicted octanol–water partition coefficient (Wildman–Crippen LogP) is 2.20. The molecule has 0 saturated carbocycles. The van der Waals surface area contributed by atoms with Gasteiger partial charge in [-0.05, 0) is 19.4 Å². The number of aryl methyl sites for hydroxylation is 1. The molecular weight excluding hydrogens is 413 g/mol. The number of imidazole rings is 1. The molecule has 0 aliphatic carbocycles. The first-order valence-electron chi connectivity index (χ1n) is 10.7. The van der Waals surface area contributed by atoms with Gasteiger partial charge < -0.3 is 24.7 Å². The fourth-order valence-corrected chi connectivity index (χ4v) is 4.54. The van der Waals surface area contributed by atoms with Gasteiger partial charge in [-0.1, -0.05) is 0 Å². The third kappa shape index (κ3) is 3.76. The quantitative estimate of drug-likeness (QED) is 0.648. The molecule has 168 valence electrons. The normalized spacial score (nSPS) is 18.3. The molecule has 2 aliphatic heterocycles. The van der Waals surface area contributed by atoms with E-state index in [-0.39, 0.29) is 11.7 Å². The van der Waals surface area contributed by atoms with Crippen LogP contribution >= 0.6 is 0 Å². The zero-order valence-corrected chi connectivity index (χ0v) is 18.1. The van der Waals surface area contributed by atoms with Crippen molar-refractivity contribution in [2.45, 2.75) is 19.4 Å². The number of pyridine rings is 2. The van der Waals surface area contributed by atoms with Crippen molar-refractivity contribution in [1.82, 2.24) is 19.7 Å². The molecule has 9 nitrogen and oxygen atoms in total. The van der Waals surface area contributed by atoms with E-state index in [2.05, 4.69) is 25.5 Å². The Hall–Kier alpha value is -3.24. The van der Waals surface area contributed by atoms with Crippen LogP contribution in [0.5, 0.6) is 0 Å². The van der Waals surface area contributed by atoms with E-state index < -0.39 is 11.8 Å².